The number of benzene rings is 1. The number of methoxy groups -OCH3 is 1. The Hall–Kier alpha value is -1.56. The summed E-state index contributed by atoms with van der Waals surface area (Å²) < 4.78 is 28.2. The molecule has 122 valence electrons. The van der Waals surface area contributed by atoms with Crippen molar-refractivity contribution in [2.24, 2.45) is 11.8 Å². The van der Waals surface area contributed by atoms with Crippen molar-refractivity contribution < 1.29 is 17.9 Å². The van der Waals surface area contributed by atoms with Crippen molar-refractivity contribution in [3.05, 3.63) is 29.8 Å². The number of ether oxygens (including phenoxy) is 1. The van der Waals surface area contributed by atoms with Crippen LogP contribution in [0, 0.1) is 11.8 Å². The molecule has 0 radical (unpaired) electrons. The van der Waals surface area contributed by atoms with E-state index < -0.39 is 15.8 Å². The van der Waals surface area contributed by atoms with E-state index in [-0.39, 0.29) is 29.4 Å². The molecule has 1 aliphatic heterocycles. The molecule has 1 fully saturated rings. The number of rotatable bonds is 5. The Bertz CT molecular complexity index is 622. The molecule has 2 rings (SSSR count). The maximum Gasteiger partial charge on any atom is 0.224 e. The fourth-order valence-corrected chi connectivity index (χ4v) is 4.46. The van der Waals surface area contributed by atoms with Crippen molar-refractivity contribution in [1.82, 2.24) is 5.32 Å². The summed E-state index contributed by atoms with van der Waals surface area (Å²) >= 11 is 0. The van der Waals surface area contributed by atoms with Gasteiger partial charge in [0.1, 0.15) is 5.75 Å². The summed E-state index contributed by atoms with van der Waals surface area (Å²) in [5.41, 5.74) is 0.991. The number of hydrogen-bond donors (Lipinski definition) is 1. The van der Waals surface area contributed by atoms with Crippen molar-refractivity contribution in [2.45, 2.75) is 26.3 Å². The van der Waals surface area contributed by atoms with Gasteiger partial charge in [0.25, 0.3) is 0 Å². The van der Waals surface area contributed by atoms with Crippen molar-refractivity contribution in [2.75, 3.05) is 18.6 Å². The Morgan fingerprint density at radius 2 is 1.91 bits per heavy atom. The van der Waals surface area contributed by atoms with Crippen LogP contribution in [-0.4, -0.2) is 32.9 Å². The van der Waals surface area contributed by atoms with E-state index in [1.165, 1.54) is 0 Å². The minimum atomic E-state index is -3.05. The van der Waals surface area contributed by atoms with Gasteiger partial charge < -0.3 is 10.1 Å². The molecule has 0 spiro atoms. The molecule has 22 heavy (non-hydrogen) atoms. The molecular weight excluding hydrogens is 302 g/mol. The van der Waals surface area contributed by atoms with Crippen LogP contribution in [0.2, 0.25) is 0 Å². The number of hydrogen-bond acceptors (Lipinski definition) is 4. The standard InChI is InChI=1S/C16H23NO4S/c1-11(2)15(12-4-6-14(21-3)7-5-12)17-16(18)13-8-9-22(19,20)10-13/h4-7,11,13,15H,8-10H2,1-3H3,(H,17,18)/t13-,15-/m1/s1. The first-order valence-electron chi connectivity index (χ1n) is 7.47. The normalized spacial score (nSPS) is 21.5. The molecule has 0 aromatic heterocycles. The van der Waals surface area contributed by atoms with Crippen LogP contribution in [0.4, 0.5) is 0 Å². The summed E-state index contributed by atoms with van der Waals surface area (Å²) in [6.45, 7) is 4.06. The van der Waals surface area contributed by atoms with E-state index in [4.69, 9.17) is 4.74 Å². The second kappa shape index (κ2) is 6.69. The minimum Gasteiger partial charge on any atom is -0.497 e. The van der Waals surface area contributed by atoms with E-state index in [1.54, 1.807) is 7.11 Å². The van der Waals surface area contributed by atoms with Gasteiger partial charge in [-0.25, -0.2) is 8.42 Å². The Balaban J connectivity index is 2.10. The van der Waals surface area contributed by atoms with Crippen molar-refractivity contribution in [1.29, 1.82) is 0 Å². The molecule has 5 nitrogen and oxygen atoms in total. The average molecular weight is 325 g/mol. The molecule has 1 heterocycles. The quantitative estimate of drug-likeness (QED) is 0.898. The lowest BCUT2D eigenvalue weighted by molar-refractivity contribution is -0.125. The van der Waals surface area contributed by atoms with Gasteiger partial charge in [-0.1, -0.05) is 26.0 Å². The van der Waals surface area contributed by atoms with Crippen LogP contribution in [0.25, 0.3) is 0 Å². The van der Waals surface area contributed by atoms with E-state index in [0.29, 0.717) is 6.42 Å². The Morgan fingerprint density at radius 1 is 1.27 bits per heavy atom. The largest absolute Gasteiger partial charge is 0.497 e. The predicted octanol–water partition coefficient (Wildman–Crippen LogP) is 1.94. The Morgan fingerprint density at radius 3 is 2.36 bits per heavy atom. The van der Waals surface area contributed by atoms with Crippen molar-refractivity contribution >= 4 is 15.7 Å². The number of nitrogens with one attached hydrogen (secondary N) is 1. The molecule has 0 bridgehead atoms. The van der Waals surface area contributed by atoms with Gasteiger partial charge in [-0.2, -0.15) is 0 Å². The highest BCUT2D eigenvalue weighted by molar-refractivity contribution is 7.91. The zero-order valence-electron chi connectivity index (χ0n) is 13.2. The van der Waals surface area contributed by atoms with E-state index in [9.17, 15) is 13.2 Å². The smallest absolute Gasteiger partial charge is 0.224 e. The third kappa shape index (κ3) is 4.00. The van der Waals surface area contributed by atoms with Crippen LogP contribution in [0.1, 0.15) is 31.9 Å². The molecule has 6 heteroatoms. The lowest BCUT2D eigenvalue weighted by atomic mass is 9.95. The Kier molecular flexibility index (Phi) is 5.11. The molecular formula is C16H23NO4S. The lowest BCUT2D eigenvalue weighted by Crippen LogP contribution is -2.36. The predicted molar refractivity (Wildman–Crippen MR) is 85.5 cm³/mol. The second-order valence-electron chi connectivity index (χ2n) is 6.10. The number of amides is 1. The molecule has 1 saturated heterocycles. The zero-order chi connectivity index (χ0) is 16.3. The first-order chi connectivity index (χ1) is 10.3. The summed E-state index contributed by atoms with van der Waals surface area (Å²) in [7, 11) is -1.44. The van der Waals surface area contributed by atoms with E-state index in [1.807, 2.05) is 38.1 Å². The molecule has 0 saturated carbocycles. The maximum absolute atomic E-state index is 12.3. The van der Waals surface area contributed by atoms with Gasteiger partial charge in [0.15, 0.2) is 9.84 Å². The number of sulfone groups is 1. The van der Waals surface area contributed by atoms with Gasteiger partial charge in [-0.05, 0) is 30.0 Å². The highest BCUT2D eigenvalue weighted by Crippen LogP contribution is 2.26. The fraction of sp³-hybridized carbons (Fsp3) is 0.562. The van der Waals surface area contributed by atoms with Crippen LogP contribution in [0.15, 0.2) is 24.3 Å². The summed E-state index contributed by atoms with van der Waals surface area (Å²) in [5, 5.41) is 3.01. The molecule has 1 amide bonds. The van der Waals surface area contributed by atoms with Crippen LogP contribution >= 0.6 is 0 Å². The first kappa shape index (κ1) is 16.8. The summed E-state index contributed by atoms with van der Waals surface area (Å²) in [4.78, 5) is 12.3. The first-order valence-corrected chi connectivity index (χ1v) is 9.29. The lowest BCUT2D eigenvalue weighted by Gasteiger charge is -2.24. The molecule has 1 N–H and O–H groups in total. The van der Waals surface area contributed by atoms with Gasteiger partial charge in [0, 0.05) is 0 Å². The topological polar surface area (TPSA) is 72.5 Å². The van der Waals surface area contributed by atoms with Gasteiger partial charge in [0.05, 0.1) is 30.6 Å². The molecule has 1 aromatic carbocycles. The molecule has 1 aromatic rings. The van der Waals surface area contributed by atoms with Crippen molar-refractivity contribution in [3.63, 3.8) is 0 Å². The second-order valence-corrected chi connectivity index (χ2v) is 8.33. The zero-order valence-corrected chi connectivity index (χ0v) is 14.0. The molecule has 0 aliphatic carbocycles. The number of carbonyl (C=O) groups excluding carboxylic acids is 1. The van der Waals surface area contributed by atoms with Crippen LogP contribution in [0.3, 0.4) is 0 Å². The average Bonchev–Trinajstić information content (AvgIpc) is 2.84. The van der Waals surface area contributed by atoms with Gasteiger partial charge >= 0.3 is 0 Å². The maximum atomic E-state index is 12.3. The summed E-state index contributed by atoms with van der Waals surface area (Å²) in [6, 6.07) is 7.43. The van der Waals surface area contributed by atoms with E-state index in [2.05, 4.69) is 5.32 Å². The van der Waals surface area contributed by atoms with Crippen LogP contribution in [0.5, 0.6) is 5.75 Å². The van der Waals surface area contributed by atoms with Gasteiger partial charge in [0.2, 0.25) is 5.91 Å². The van der Waals surface area contributed by atoms with E-state index in [0.717, 1.165) is 11.3 Å². The SMILES string of the molecule is COc1ccc([C@H](NC(=O)[C@@H]2CCS(=O)(=O)C2)C(C)C)cc1. The molecule has 1 aliphatic rings. The van der Waals surface area contributed by atoms with E-state index >= 15 is 0 Å². The Labute approximate surface area is 132 Å². The minimum absolute atomic E-state index is 0.0355. The highest BCUT2D eigenvalue weighted by atomic mass is 32.2. The molecule has 0 unspecified atom stereocenters. The highest BCUT2D eigenvalue weighted by Gasteiger charge is 2.34. The monoisotopic (exact) mass is 325 g/mol. The van der Waals surface area contributed by atoms with Crippen LogP contribution < -0.4 is 10.1 Å². The van der Waals surface area contributed by atoms with Crippen LogP contribution in [-0.2, 0) is 14.6 Å². The third-order valence-electron chi connectivity index (χ3n) is 4.04. The fourth-order valence-electron chi connectivity index (χ4n) is 2.72. The summed E-state index contributed by atoms with van der Waals surface area (Å²) in [6.07, 6.45) is 0.418. The number of carbonyl (C=O) groups is 1. The molecule has 2 atom stereocenters. The van der Waals surface area contributed by atoms with Crippen molar-refractivity contribution in [3.8, 4) is 5.75 Å². The summed E-state index contributed by atoms with van der Waals surface area (Å²) in [5.74, 6) is 0.446. The van der Waals surface area contributed by atoms with Gasteiger partial charge in [-0.15, -0.1) is 0 Å². The third-order valence-corrected chi connectivity index (χ3v) is 5.81. The van der Waals surface area contributed by atoms with Gasteiger partial charge in [-0.3, -0.25) is 4.79 Å².